The fourth-order valence-electron chi connectivity index (χ4n) is 2.24. The molecule has 7 nitrogen and oxygen atoms in total. The predicted octanol–water partition coefficient (Wildman–Crippen LogP) is 1.99. The van der Waals surface area contributed by atoms with Gasteiger partial charge in [0.2, 0.25) is 0 Å². The van der Waals surface area contributed by atoms with E-state index < -0.39 is 31.8 Å². The van der Waals surface area contributed by atoms with Crippen LogP contribution in [0.15, 0.2) is 57.9 Å². The number of carbonyl (C=O) groups excluding carboxylic acids is 1. The van der Waals surface area contributed by atoms with Gasteiger partial charge in [-0.2, -0.15) is 0 Å². The van der Waals surface area contributed by atoms with Crippen molar-refractivity contribution in [3.63, 3.8) is 0 Å². The highest BCUT2D eigenvalue weighted by molar-refractivity contribution is 9.10. The molecule has 0 bridgehead atoms. The number of rotatable bonds is 4. The largest absolute Gasteiger partial charge is 0.282 e. The van der Waals surface area contributed by atoms with Gasteiger partial charge in [-0.05, 0) is 36.4 Å². The van der Waals surface area contributed by atoms with E-state index in [9.17, 15) is 21.6 Å². The van der Waals surface area contributed by atoms with Gasteiger partial charge in [-0.1, -0.05) is 28.1 Å². The second kappa shape index (κ2) is 5.87. The van der Waals surface area contributed by atoms with Gasteiger partial charge in [-0.15, -0.1) is 0 Å². The van der Waals surface area contributed by atoms with Gasteiger partial charge < -0.3 is 0 Å². The van der Waals surface area contributed by atoms with Crippen molar-refractivity contribution in [3.8, 4) is 0 Å². The van der Waals surface area contributed by atoms with E-state index in [-0.39, 0.29) is 16.1 Å². The zero-order valence-corrected chi connectivity index (χ0v) is 15.2. The molecule has 0 saturated heterocycles. The Morgan fingerprint density at radius 1 is 1.04 bits per heavy atom. The van der Waals surface area contributed by atoms with Crippen LogP contribution in [-0.4, -0.2) is 32.9 Å². The fourth-order valence-corrected chi connectivity index (χ4v) is 5.70. The van der Waals surface area contributed by atoms with Crippen LogP contribution in [0.1, 0.15) is 10.4 Å². The summed E-state index contributed by atoms with van der Waals surface area (Å²) in [6.45, 7) is 0. The van der Waals surface area contributed by atoms with Crippen molar-refractivity contribution >= 4 is 47.6 Å². The lowest BCUT2D eigenvalue weighted by Gasteiger charge is -2.16. The summed E-state index contributed by atoms with van der Waals surface area (Å²) in [5, 5.41) is 0. The molecular weight excluding hydrogens is 420 g/mol. The van der Waals surface area contributed by atoms with Gasteiger partial charge in [-0.3, -0.25) is 9.52 Å². The first-order valence-electron chi connectivity index (χ1n) is 6.63. The Bertz CT molecular complexity index is 1020. The molecule has 0 saturated carbocycles. The van der Waals surface area contributed by atoms with Gasteiger partial charge in [0, 0.05) is 10.2 Å². The van der Waals surface area contributed by atoms with Crippen LogP contribution in [0.25, 0.3) is 0 Å². The van der Waals surface area contributed by atoms with Crippen LogP contribution >= 0.6 is 15.9 Å². The normalized spacial score (nSPS) is 16.0. The zero-order valence-electron chi connectivity index (χ0n) is 12.0. The van der Waals surface area contributed by atoms with E-state index in [1.54, 1.807) is 12.1 Å². The SMILES string of the molecule is O=C1c2ccccc2S(=O)(=O)N1CS(=O)(=O)Nc1ccc(Br)cc1. The first-order chi connectivity index (χ1) is 11.2. The maximum absolute atomic E-state index is 12.4. The number of anilines is 1. The number of halogens is 1. The van der Waals surface area contributed by atoms with Crippen LogP contribution in [0.3, 0.4) is 0 Å². The van der Waals surface area contributed by atoms with E-state index in [0.29, 0.717) is 4.31 Å². The van der Waals surface area contributed by atoms with Crippen LogP contribution in [0.2, 0.25) is 0 Å². The monoisotopic (exact) mass is 430 g/mol. The first-order valence-corrected chi connectivity index (χ1v) is 10.5. The quantitative estimate of drug-likeness (QED) is 0.798. The summed E-state index contributed by atoms with van der Waals surface area (Å²) in [6.07, 6.45) is 0. The van der Waals surface area contributed by atoms with Crippen LogP contribution in [0, 0.1) is 0 Å². The summed E-state index contributed by atoms with van der Waals surface area (Å²) in [6, 6.07) is 11.9. The van der Waals surface area contributed by atoms with E-state index in [1.807, 2.05) is 0 Å². The van der Waals surface area contributed by atoms with Crippen LogP contribution in [0.4, 0.5) is 5.69 Å². The molecule has 0 radical (unpaired) electrons. The topological polar surface area (TPSA) is 101 Å². The number of fused-ring (bicyclic) bond motifs is 1. The average molecular weight is 431 g/mol. The minimum Gasteiger partial charge on any atom is -0.282 e. The van der Waals surface area contributed by atoms with Gasteiger partial charge in [0.05, 0.1) is 5.56 Å². The van der Waals surface area contributed by atoms with Crippen LogP contribution in [-0.2, 0) is 20.0 Å². The molecule has 10 heteroatoms. The average Bonchev–Trinajstić information content (AvgIpc) is 2.71. The predicted molar refractivity (Wildman–Crippen MR) is 91.3 cm³/mol. The Hall–Kier alpha value is -1.91. The third-order valence-electron chi connectivity index (χ3n) is 3.32. The van der Waals surface area contributed by atoms with Crippen molar-refractivity contribution in [3.05, 3.63) is 58.6 Å². The highest BCUT2D eigenvalue weighted by Gasteiger charge is 2.43. The summed E-state index contributed by atoms with van der Waals surface area (Å²) in [4.78, 5) is 12.0. The Morgan fingerprint density at radius 2 is 1.67 bits per heavy atom. The molecule has 1 heterocycles. The molecule has 1 amide bonds. The van der Waals surface area contributed by atoms with Crippen molar-refractivity contribution in [1.29, 1.82) is 0 Å². The lowest BCUT2D eigenvalue weighted by molar-refractivity contribution is 0.0885. The molecule has 1 N–H and O–H groups in total. The number of sulfonamides is 2. The van der Waals surface area contributed by atoms with Gasteiger partial charge >= 0.3 is 0 Å². The van der Waals surface area contributed by atoms with Gasteiger partial charge in [0.15, 0.2) is 5.88 Å². The molecule has 126 valence electrons. The minimum absolute atomic E-state index is 0.0312. The molecule has 3 rings (SSSR count). The molecule has 2 aromatic rings. The highest BCUT2D eigenvalue weighted by Crippen LogP contribution is 2.30. The molecule has 1 aliphatic rings. The van der Waals surface area contributed by atoms with Crippen LogP contribution in [0.5, 0.6) is 0 Å². The third-order valence-corrected chi connectivity index (χ3v) is 6.94. The zero-order chi connectivity index (χ0) is 17.5. The molecule has 1 aliphatic heterocycles. The number of benzene rings is 2. The van der Waals surface area contributed by atoms with E-state index in [4.69, 9.17) is 0 Å². The van der Waals surface area contributed by atoms with Crippen molar-refractivity contribution in [2.24, 2.45) is 0 Å². The number of amides is 1. The second-order valence-electron chi connectivity index (χ2n) is 5.01. The smallest absolute Gasteiger partial charge is 0.270 e. The number of carbonyl (C=O) groups is 1. The highest BCUT2D eigenvalue weighted by atomic mass is 79.9. The molecule has 0 aliphatic carbocycles. The first kappa shape index (κ1) is 16.9. The maximum atomic E-state index is 12.4. The summed E-state index contributed by atoms with van der Waals surface area (Å²) in [5.74, 6) is -1.84. The summed E-state index contributed by atoms with van der Waals surface area (Å²) in [5.41, 5.74) is 0.232. The molecule has 2 aromatic carbocycles. The molecule has 0 atom stereocenters. The Kier molecular flexibility index (Phi) is 4.14. The van der Waals surface area contributed by atoms with Gasteiger partial charge in [0.25, 0.3) is 26.0 Å². The molecule has 0 spiro atoms. The standard InChI is InChI=1S/C14H11BrN2O5S2/c15-10-5-7-11(8-6-10)16-23(19,20)9-17-14(18)12-3-1-2-4-13(12)24(17,21)22/h1-8,16H,9H2. The van der Waals surface area contributed by atoms with Crippen molar-refractivity contribution in [1.82, 2.24) is 4.31 Å². The van der Waals surface area contributed by atoms with E-state index in [1.165, 1.54) is 36.4 Å². The Balaban J connectivity index is 1.88. The maximum Gasteiger partial charge on any atom is 0.270 e. The van der Waals surface area contributed by atoms with Crippen molar-refractivity contribution in [2.45, 2.75) is 4.90 Å². The van der Waals surface area contributed by atoms with E-state index >= 15 is 0 Å². The number of nitrogens with zero attached hydrogens (tertiary/aromatic N) is 1. The van der Waals surface area contributed by atoms with E-state index in [2.05, 4.69) is 20.7 Å². The molecule has 24 heavy (non-hydrogen) atoms. The van der Waals surface area contributed by atoms with Gasteiger partial charge in [-0.25, -0.2) is 21.1 Å². The molecular formula is C14H11BrN2O5S2. The van der Waals surface area contributed by atoms with Gasteiger partial charge in [0.1, 0.15) is 4.90 Å². The Labute approximate surface area is 147 Å². The third kappa shape index (κ3) is 3.04. The number of hydrogen-bond acceptors (Lipinski definition) is 5. The fraction of sp³-hybridized carbons (Fsp3) is 0.0714. The second-order valence-corrected chi connectivity index (χ2v) is 9.45. The molecule has 0 aromatic heterocycles. The van der Waals surface area contributed by atoms with E-state index in [0.717, 1.165) is 4.47 Å². The van der Waals surface area contributed by atoms with Crippen molar-refractivity contribution < 1.29 is 21.6 Å². The number of hydrogen-bond donors (Lipinski definition) is 1. The number of nitrogens with one attached hydrogen (secondary N) is 1. The van der Waals surface area contributed by atoms with Crippen LogP contribution < -0.4 is 4.72 Å². The Morgan fingerprint density at radius 3 is 2.29 bits per heavy atom. The lowest BCUT2D eigenvalue weighted by Crippen LogP contribution is -2.37. The summed E-state index contributed by atoms with van der Waals surface area (Å²) >= 11 is 3.23. The van der Waals surface area contributed by atoms with Crippen molar-refractivity contribution in [2.75, 3.05) is 10.6 Å². The summed E-state index contributed by atoms with van der Waals surface area (Å²) < 4.78 is 52.6. The minimum atomic E-state index is -4.17. The summed E-state index contributed by atoms with van der Waals surface area (Å²) in [7, 11) is -8.26. The lowest BCUT2D eigenvalue weighted by atomic mass is 10.2. The molecule has 0 unspecified atom stereocenters. The molecule has 0 fully saturated rings.